The Morgan fingerprint density at radius 3 is 2.35 bits per heavy atom. The molecule has 3 nitrogen and oxygen atoms in total. The molecular formula is C16H21ClO3. The van der Waals surface area contributed by atoms with Crippen LogP contribution in [0.4, 0.5) is 0 Å². The Kier molecular flexibility index (Phi) is 5.06. The lowest BCUT2D eigenvalue weighted by Gasteiger charge is -2.30. The van der Waals surface area contributed by atoms with Crippen molar-refractivity contribution in [3.8, 4) is 5.75 Å². The highest BCUT2D eigenvalue weighted by atomic mass is 35.5. The maximum absolute atomic E-state index is 13.0. The second-order valence-electron chi connectivity index (χ2n) is 5.29. The number of benzene rings is 1. The van der Waals surface area contributed by atoms with E-state index >= 15 is 0 Å². The summed E-state index contributed by atoms with van der Waals surface area (Å²) < 4.78 is 11.0. The molecule has 0 heterocycles. The molecule has 1 aliphatic carbocycles. The minimum Gasteiger partial charge on any atom is -0.496 e. The van der Waals surface area contributed by atoms with Crippen LogP contribution in [0.25, 0.3) is 0 Å². The lowest BCUT2D eigenvalue weighted by Crippen LogP contribution is -2.40. The summed E-state index contributed by atoms with van der Waals surface area (Å²) in [6, 6.07) is 5.13. The lowest BCUT2D eigenvalue weighted by atomic mass is 9.85. The van der Waals surface area contributed by atoms with E-state index in [0.29, 0.717) is 16.3 Å². The van der Waals surface area contributed by atoms with E-state index in [-0.39, 0.29) is 5.78 Å². The molecule has 0 aliphatic heterocycles. The number of hydrogen-bond donors (Lipinski definition) is 0. The van der Waals surface area contributed by atoms with Gasteiger partial charge in [-0.05, 0) is 31.0 Å². The van der Waals surface area contributed by atoms with Crippen LogP contribution < -0.4 is 4.74 Å². The number of methoxy groups -OCH3 is 2. The van der Waals surface area contributed by atoms with Gasteiger partial charge in [0.05, 0.1) is 12.7 Å². The summed E-state index contributed by atoms with van der Waals surface area (Å²) in [5, 5.41) is 0.536. The van der Waals surface area contributed by atoms with Crippen molar-refractivity contribution in [2.45, 2.75) is 44.1 Å². The largest absolute Gasteiger partial charge is 0.496 e. The number of ether oxygens (including phenoxy) is 2. The van der Waals surface area contributed by atoms with Crippen molar-refractivity contribution >= 4 is 17.4 Å². The first kappa shape index (κ1) is 15.3. The minimum absolute atomic E-state index is 0.0127. The van der Waals surface area contributed by atoms with E-state index < -0.39 is 5.60 Å². The molecule has 2 rings (SSSR count). The summed E-state index contributed by atoms with van der Waals surface area (Å²) in [6.45, 7) is 0. The number of Topliss-reactive ketones (excluding diaryl/α,β-unsaturated/α-hetero) is 1. The highest BCUT2D eigenvalue weighted by Crippen LogP contribution is 2.36. The Bertz CT molecular complexity index is 477. The van der Waals surface area contributed by atoms with Crippen molar-refractivity contribution in [3.63, 3.8) is 0 Å². The van der Waals surface area contributed by atoms with Crippen molar-refractivity contribution in [3.05, 3.63) is 28.8 Å². The van der Waals surface area contributed by atoms with E-state index in [1.54, 1.807) is 32.4 Å². The number of carbonyl (C=O) groups is 1. The molecule has 0 atom stereocenters. The molecule has 0 bridgehead atoms. The normalized spacial score (nSPS) is 18.4. The predicted molar refractivity (Wildman–Crippen MR) is 79.8 cm³/mol. The van der Waals surface area contributed by atoms with Crippen molar-refractivity contribution in [2.24, 2.45) is 0 Å². The molecule has 20 heavy (non-hydrogen) atoms. The molecule has 0 saturated heterocycles. The third-order valence-corrected chi connectivity index (χ3v) is 4.36. The lowest BCUT2D eigenvalue weighted by molar-refractivity contribution is -0.00711. The maximum Gasteiger partial charge on any atom is 0.198 e. The third kappa shape index (κ3) is 2.99. The van der Waals surface area contributed by atoms with Gasteiger partial charge < -0.3 is 9.47 Å². The molecule has 0 spiro atoms. The Balaban J connectivity index is 2.39. The Hall–Kier alpha value is -1.06. The van der Waals surface area contributed by atoms with Crippen molar-refractivity contribution < 1.29 is 14.3 Å². The second-order valence-corrected chi connectivity index (χ2v) is 5.72. The van der Waals surface area contributed by atoms with Crippen LogP contribution in [0, 0.1) is 0 Å². The first-order chi connectivity index (χ1) is 9.63. The van der Waals surface area contributed by atoms with Crippen molar-refractivity contribution in [1.82, 2.24) is 0 Å². The third-order valence-electron chi connectivity index (χ3n) is 4.12. The summed E-state index contributed by atoms with van der Waals surface area (Å²) in [5.41, 5.74) is -0.210. The van der Waals surface area contributed by atoms with Gasteiger partial charge in [0.25, 0.3) is 0 Å². The summed E-state index contributed by atoms with van der Waals surface area (Å²) in [7, 11) is 3.19. The number of rotatable bonds is 4. The standard InChI is InChI=1S/C16H21ClO3/c1-19-14-8-7-12(17)11-13(14)15(18)16(20-2)9-5-3-4-6-10-16/h7-8,11H,3-6,9-10H2,1-2H3. The van der Waals surface area contributed by atoms with E-state index in [0.717, 1.165) is 38.5 Å². The van der Waals surface area contributed by atoms with Gasteiger partial charge in [0.1, 0.15) is 11.4 Å². The quantitative estimate of drug-likeness (QED) is 0.615. The van der Waals surface area contributed by atoms with E-state index in [4.69, 9.17) is 21.1 Å². The van der Waals surface area contributed by atoms with Gasteiger partial charge in [0, 0.05) is 12.1 Å². The highest BCUT2D eigenvalue weighted by Gasteiger charge is 2.40. The highest BCUT2D eigenvalue weighted by molar-refractivity contribution is 6.31. The van der Waals surface area contributed by atoms with Gasteiger partial charge in [0.2, 0.25) is 0 Å². The van der Waals surface area contributed by atoms with Gasteiger partial charge in [-0.2, -0.15) is 0 Å². The number of hydrogen-bond acceptors (Lipinski definition) is 3. The molecule has 0 radical (unpaired) electrons. The zero-order valence-corrected chi connectivity index (χ0v) is 12.8. The van der Waals surface area contributed by atoms with Crippen LogP contribution >= 0.6 is 11.6 Å². The fourth-order valence-corrected chi connectivity index (χ4v) is 3.10. The zero-order valence-electron chi connectivity index (χ0n) is 12.1. The molecule has 1 saturated carbocycles. The first-order valence-electron chi connectivity index (χ1n) is 7.06. The number of ketones is 1. The molecule has 110 valence electrons. The molecule has 0 N–H and O–H groups in total. The summed E-state index contributed by atoms with van der Waals surface area (Å²) in [4.78, 5) is 13.0. The summed E-state index contributed by atoms with van der Waals surface area (Å²) >= 11 is 6.03. The van der Waals surface area contributed by atoms with Gasteiger partial charge in [-0.25, -0.2) is 0 Å². The van der Waals surface area contributed by atoms with Gasteiger partial charge >= 0.3 is 0 Å². The van der Waals surface area contributed by atoms with Gasteiger partial charge in [0.15, 0.2) is 5.78 Å². The monoisotopic (exact) mass is 296 g/mol. The van der Waals surface area contributed by atoms with E-state index in [1.165, 1.54) is 0 Å². The van der Waals surface area contributed by atoms with Crippen molar-refractivity contribution in [2.75, 3.05) is 14.2 Å². The van der Waals surface area contributed by atoms with Crippen LogP contribution in [0.15, 0.2) is 18.2 Å². The average Bonchev–Trinajstić information content (AvgIpc) is 2.72. The van der Waals surface area contributed by atoms with Gasteiger partial charge in [-0.1, -0.05) is 37.3 Å². The molecule has 0 unspecified atom stereocenters. The first-order valence-corrected chi connectivity index (χ1v) is 7.44. The average molecular weight is 297 g/mol. The predicted octanol–water partition coefficient (Wildman–Crippen LogP) is 4.27. The number of halogens is 1. The van der Waals surface area contributed by atoms with Crippen LogP contribution in [-0.4, -0.2) is 25.6 Å². The van der Waals surface area contributed by atoms with Gasteiger partial charge in [-0.3, -0.25) is 4.79 Å². The molecule has 1 aromatic rings. The van der Waals surface area contributed by atoms with Gasteiger partial charge in [-0.15, -0.1) is 0 Å². The zero-order chi connectivity index (χ0) is 14.6. The smallest absolute Gasteiger partial charge is 0.198 e. The Labute approximate surface area is 125 Å². The van der Waals surface area contributed by atoms with Crippen molar-refractivity contribution in [1.29, 1.82) is 0 Å². The molecule has 0 aromatic heterocycles. The van der Waals surface area contributed by atoms with Crippen LogP contribution in [0.1, 0.15) is 48.9 Å². The molecule has 1 aromatic carbocycles. The van der Waals surface area contributed by atoms with Crippen LogP contribution in [-0.2, 0) is 4.74 Å². The van der Waals surface area contributed by atoms with Crippen LogP contribution in [0.2, 0.25) is 5.02 Å². The Morgan fingerprint density at radius 2 is 1.80 bits per heavy atom. The molecular weight excluding hydrogens is 276 g/mol. The molecule has 1 fully saturated rings. The molecule has 4 heteroatoms. The van der Waals surface area contributed by atoms with Crippen LogP contribution in [0.3, 0.4) is 0 Å². The van der Waals surface area contributed by atoms with E-state index in [9.17, 15) is 4.79 Å². The topological polar surface area (TPSA) is 35.5 Å². The minimum atomic E-state index is -0.728. The fraction of sp³-hybridized carbons (Fsp3) is 0.562. The second kappa shape index (κ2) is 6.59. The van der Waals surface area contributed by atoms with Crippen LogP contribution in [0.5, 0.6) is 5.75 Å². The van der Waals surface area contributed by atoms with E-state index in [1.807, 2.05) is 0 Å². The molecule has 1 aliphatic rings. The summed E-state index contributed by atoms with van der Waals surface area (Å²) in [5.74, 6) is 0.543. The summed E-state index contributed by atoms with van der Waals surface area (Å²) in [6.07, 6.45) is 5.87. The Morgan fingerprint density at radius 1 is 1.15 bits per heavy atom. The van der Waals surface area contributed by atoms with E-state index in [2.05, 4.69) is 0 Å². The maximum atomic E-state index is 13.0. The molecule has 0 amide bonds. The SMILES string of the molecule is COc1ccc(Cl)cc1C(=O)C1(OC)CCCCCC1. The fourth-order valence-electron chi connectivity index (χ4n) is 2.93. The number of carbonyl (C=O) groups excluding carboxylic acids is 1.